The van der Waals surface area contributed by atoms with E-state index < -0.39 is 5.97 Å². The zero-order valence-electron chi connectivity index (χ0n) is 7.66. The van der Waals surface area contributed by atoms with Gasteiger partial charge in [0, 0.05) is 25.5 Å². The molecule has 0 spiro atoms. The van der Waals surface area contributed by atoms with Crippen molar-refractivity contribution in [3.05, 3.63) is 24.0 Å². The number of carboxylic acids is 1. The van der Waals surface area contributed by atoms with Gasteiger partial charge in [-0.1, -0.05) is 0 Å². The molecule has 0 unspecified atom stereocenters. The summed E-state index contributed by atoms with van der Waals surface area (Å²) < 4.78 is 0. The van der Waals surface area contributed by atoms with Crippen LogP contribution in [0.4, 0.5) is 0 Å². The minimum atomic E-state index is -0.749. The highest BCUT2D eigenvalue weighted by atomic mass is 16.4. The molecular weight excluding hydrogens is 168 g/mol. The molecule has 0 bridgehead atoms. The van der Waals surface area contributed by atoms with Gasteiger partial charge < -0.3 is 15.0 Å². The van der Waals surface area contributed by atoms with E-state index in [4.69, 9.17) is 5.11 Å². The summed E-state index contributed by atoms with van der Waals surface area (Å²) in [4.78, 5) is 15.2. The normalized spacial score (nSPS) is 10.6. The third-order valence-corrected chi connectivity index (χ3v) is 1.82. The minimum absolute atomic E-state index is 0.195. The van der Waals surface area contributed by atoms with Crippen molar-refractivity contribution >= 4 is 5.97 Å². The smallest absolute Gasteiger partial charge is 0.304 e. The fourth-order valence-electron chi connectivity index (χ4n) is 1.13. The van der Waals surface area contributed by atoms with Gasteiger partial charge in [-0.05, 0) is 18.7 Å². The van der Waals surface area contributed by atoms with Gasteiger partial charge in [0.1, 0.15) is 0 Å². The molecule has 0 aliphatic carbocycles. The molecule has 0 saturated carbocycles. The summed E-state index contributed by atoms with van der Waals surface area (Å²) in [6, 6.07) is 1.98. The van der Waals surface area contributed by atoms with E-state index in [0.29, 0.717) is 6.54 Å². The first-order valence-corrected chi connectivity index (χ1v) is 4.20. The molecule has 0 aliphatic heterocycles. The van der Waals surface area contributed by atoms with Crippen molar-refractivity contribution in [1.82, 2.24) is 9.88 Å². The van der Waals surface area contributed by atoms with E-state index in [1.807, 2.05) is 30.4 Å². The summed E-state index contributed by atoms with van der Waals surface area (Å²) in [5, 5.41) is 8.46. The SMILES string of the molecule is CN(CCC(=O)O)Cc1cc[nH]c1. The van der Waals surface area contributed by atoms with Crippen LogP contribution in [-0.2, 0) is 11.3 Å². The molecule has 0 aliphatic rings. The van der Waals surface area contributed by atoms with Gasteiger partial charge in [-0.25, -0.2) is 0 Å². The van der Waals surface area contributed by atoms with Gasteiger partial charge in [0.15, 0.2) is 0 Å². The molecule has 1 aromatic heterocycles. The molecule has 1 heterocycles. The Kier molecular flexibility index (Phi) is 3.52. The molecule has 72 valence electrons. The average Bonchev–Trinajstić information content (AvgIpc) is 2.53. The largest absolute Gasteiger partial charge is 0.481 e. The minimum Gasteiger partial charge on any atom is -0.481 e. The standard InChI is InChI=1S/C9H14N2O2/c1-11(5-3-9(12)13)7-8-2-4-10-6-8/h2,4,6,10H,3,5,7H2,1H3,(H,12,13). The van der Waals surface area contributed by atoms with Gasteiger partial charge in [0.25, 0.3) is 0 Å². The zero-order chi connectivity index (χ0) is 9.68. The monoisotopic (exact) mass is 182 g/mol. The van der Waals surface area contributed by atoms with E-state index >= 15 is 0 Å². The van der Waals surface area contributed by atoms with Gasteiger partial charge in [-0.3, -0.25) is 4.79 Å². The molecule has 0 fully saturated rings. The summed E-state index contributed by atoms with van der Waals surface area (Å²) in [5.41, 5.74) is 1.17. The third kappa shape index (κ3) is 3.75. The number of hydrogen-bond acceptors (Lipinski definition) is 2. The first kappa shape index (κ1) is 9.80. The number of nitrogens with zero attached hydrogens (tertiary/aromatic N) is 1. The Morgan fingerprint density at radius 2 is 2.46 bits per heavy atom. The van der Waals surface area contributed by atoms with Crippen LogP contribution < -0.4 is 0 Å². The maximum atomic E-state index is 10.3. The topological polar surface area (TPSA) is 56.3 Å². The Bertz CT molecular complexity index is 257. The maximum absolute atomic E-state index is 10.3. The quantitative estimate of drug-likeness (QED) is 0.712. The van der Waals surface area contributed by atoms with Crippen molar-refractivity contribution in [3.8, 4) is 0 Å². The molecule has 1 rings (SSSR count). The molecule has 0 amide bonds. The van der Waals surface area contributed by atoms with E-state index in [1.165, 1.54) is 5.56 Å². The first-order chi connectivity index (χ1) is 6.18. The molecule has 0 saturated heterocycles. The molecule has 4 heteroatoms. The Morgan fingerprint density at radius 1 is 1.69 bits per heavy atom. The van der Waals surface area contributed by atoms with Gasteiger partial charge >= 0.3 is 5.97 Å². The van der Waals surface area contributed by atoms with Crippen molar-refractivity contribution in [2.24, 2.45) is 0 Å². The van der Waals surface area contributed by atoms with Crippen LogP contribution in [0, 0.1) is 0 Å². The van der Waals surface area contributed by atoms with Crippen LogP contribution in [0.1, 0.15) is 12.0 Å². The van der Waals surface area contributed by atoms with Crippen LogP contribution in [-0.4, -0.2) is 34.6 Å². The number of carbonyl (C=O) groups is 1. The van der Waals surface area contributed by atoms with Crippen molar-refractivity contribution < 1.29 is 9.90 Å². The van der Waals surface area contributed by atoms with E-state index in [-0.39, 0.29) is 6.42 Å². The lowest BCUT2D eigenvalue weighted by Crippen LogP contribution is -2.20. The molecule has 13 heavy (non-hydrogen) atoms. The third-order valence-electron chi connectivity index (χ3n) is 1.82. The molecule has 0 aromatic carbocycles. The number of carboxylic acid groups (broad SMARTS) is 1. The van der Waals surface area contributed by atoms with Crippen molar-refractivity contribution in [1.29, 1.82) is 0 Å². The van der Waals surface area contributed by atoms with Crippen molar-refractivity contribution in [3.63, 3.8) is 0 Å². The highest BCUT2D eigenvalue weighted by molar-refractivity contribution is 5.66. The second-order valence-electron chi connectivity index (χ2n) is 3.10. The summed E-state index contributed by atoms with van der Waals surface area (Å²) in [7, 11) is 1.91. The average molecular weight is 182 g/mol. The Hall–Kier alpha value is -1.29. The number of aliphatic carboxylic acids is 1. The molecule has 2 N–H and O–H groups in total. The highest BCUT2D eigenvalue weighted by Crippen LogP contribution is 2.01. The van der Waals surface area contributed by atoms with Gasteiger partial charge in [0.05, 0.1) is 6.42 Å². The predicted octanol–water partition coefficient (Wildman–Crippen LogP) is 0.921. The van der Waals surface area contributed by atoms with E-state index in [9.17, 15) is 4.79 Å². The van der Waals surface area contributed by atoms with Crippen LogP contribution in [0.15, 0.2) is 18.5 Å². The molecule has 0 radical (unpaired) electrons. The second kappa shape index (κ2) is 4.67. The fourth-order valence-corrected chi connectivity index (χ4v) is 1.13. The van der Waals surface area contributed by atoms with Gasteiger partial charge in [-0.2, -0.15) is 0 Å². The van der Waals surface area contributed by atoms with E-state index in [2.05, 4.69) is 4.98 Å². The molecular formula is C9H14N2O2. The molecule has 4 nitrogen and oxygen atoms in total. The summed E-state index contributed by atoms with van der Waals surface area (Å²) in [6.45, 7) is 1.37. The molecule has 0 atom stereocenters. The summed E-state index contributed by atoms with van der Waals surface area (Å²) >= 11 is 0. The maximum Gasteiger partial charge on any atom is 0.304 e. The van der Waals surface area contributed by atoms with Gasteiger partial charge in [0.2, 0.25) is 0 Å². The van der Waals surface area contributed by atoms with Crippen LogP contribution in [0.3, 0.4) is 0 Å². The number of hydrogen-bond donors (Lipinski definition) is 2. The predicted molar refractivity (Wildman–Crippen MR) is 49.4 cm³/mol. The van der Waals surface area contributed by atoms with Crippen LogP contribution in [0.5, 0.6) is 0 Å². The Balaban J connectivity index is 2.25. The highest BCUT2D eigenvalue weighted by Gasteiger charge is 2.03. The number of aromatic amines is 1. The van der Waals surface area contributed by atoms with Crippen LogP contribution in [0.2, 0.25) is 0 Å². The van der Waals surface area contributed by atoms with Crippen molar-refractivity contribution in [2.75, 3.05) is 13.6 Å². The van der Waals surface area contributed by atoms with Crippen LogP contribution in [0.25, 0.3) is 0 Å². The summed E-state index contributed by atoms with van der Waals surface area (Å²) in [5.74, 6) is -0.749. The zero-order valence-corrected chi connectivity index (χ0v) is 7.66. The van der Waals surface area contributed by atoms with Crippen molar-refractivity contribution in [2.45, 2.75) is 13.0 Å². The number of aromatic nitrogens is 1. The lowest BCUT2D eigenvalue weighted by Gasteiger charge is -2.13. The first-order valence-electron chi connectivity index (χ1n) is 4.20. The van der Waals surface area contributed by atoms with Crippen LogP contribution >= 0.6 is 0 Å². The van der Waals surface area contributed by atoms with E-state index in [1.54, 1.807) is 0 Å². The van der Waals surface area contributed by atoms with Gasteiger partial charge in [-0.15, -0.1) is 0 Å². The summed E-state index contributed by atoms with van der Waals surface area (Å²) in [6.07, 6.45) is 3.97. The number of nitrogens with one attached hydrogen (secondary N) is 1. The lowest BCUT2D eigenvalue weighted by atomic mass is 10.3. The van der Waals surface area contributed by atoms with E-state index in [0.717, 1.165) is 6.54 Å². The fraction of sp³-hybridized carbons (Fsp3) is 0.444. The molecule has 1 aromatic rings. The number of H-pyrrole nitrogens is 1. The Labute approximate surface area is 77.2 Å². The second-order valence-corrected chi connectivity index (χ2v) is 3.10. The number of rotatable bonds is 5. The lowest BCUT2D eigenvalue weighted by molar-refractivity contribution is -0.137. The Morgan fingerprint density at radius 3 is 3.00 bits per heavy atom.